The molecule has 110 valence electrons. The highest BCUT2D eigenvalue weighted by Gasteiger charge is 2.15. The van der Waals surface area contributed by atoms with Crippen molar-refractivity contribution in [1.82, 2.24) is 0 Å². The summed E-state index contributed by atoms with van der Waals surface area (Å²) in [6.45, 7) is 1.70. The van der Waals surface area contributed by atoms with E-state index >= 15 is 0 Å². The molecule has 0 radical (unpaired) electrons. The fourth-order valence-electron chi connectivity index (χ4n) is 2.40. The second-order valence-corrected chi connectivity index (χ2v) is 5.50. The van der Waals surface area contributed by atoms with Crippen LogP contribution in [0, 0.1) is 5.92 Å². The second-order valence-electron chi connectivity index (χ2n) is 5.50. The number of carboxylic acid groups (broad SMARTS) is 1. The Hall–Kier alpha value is -2.13. The van der Waals surface area contributed by atoms with Crippen LogP contribution in [0.1, 0.15) is 18.9 Å². The molecule has 0 spiro atoms. The topological polar surface area (TPSA) is 63.3 Å². The van der Waals surface area contributed by atoms with Crippen molar-refractivity contribution in [2.24, 2.45) is 11.7 Å². The van der Waals surface area contributed by atoms with Crippen molar-refractivity contribution in [3.8, 4) is 11.1 Å². The monoisotopic (exact) mass is 283 g/mol. The summed E-state index contributed by atoms with van der Waals surface area (Å²) in [5, 5.41) is 8.90. The first-order valence-electron chi connectivity index (χ1n) is 7.19. The number of nitrogens with two attached hydrogens (primary N) is 1. The summed E-state index contributed by atoms with van der Waals surface area (Å²) < 4.78 is 0. The Morgan fingerprint density at radius 2 is 1.62 bits per heavy atom. The van der Waals surface area contributed by atoms with E-state index in [9.17, 15) is 4.79 Å². The fourth-order valence-corrected chi connectivity index (χ4v) is 2.40. The minimum Gasteiger partial charge on any atom is -0.481 e. The number of carboxylic acids is 1. The molecule has 0 aliphatic rings. The maximum atomic E-state index is 10.8. The smallest absolute Gasteiger partial charge is 0.306 e. The number of aliphatic carboxylic acids is 1. The van der Waals surface area contributed by atoms with E-state index in [1.807, 2.05) is 18.2 Å². The van der Waals surface area contributed by atoms with Crippen LogP contribution in [0.2, 0.25) is 0 Å². The third-order valence-electron chi connectivity index (χ3n) is 3.64. The molecule has 0 saturated heterocycles. The summed E-state index contributed by atoms with van der Waals surface area (Å²) in [4.78, 5) is 10.8. The molecule has 0 aliphatic carbocycles. The lowest BCUT2D eigenvalue weighted by Gasteiger charge is -2.14. The Morgan fingerprint density at radius 1 is 1.05 bits per heavy atom. The van der Waals surface area contributed by atoms with Gasteiger partial charge in [0.05, 0.1) is 5.92 Å². The zero-order chi connectivity index (χ0) is 15.2. The summed E-state index contributed by atoms with van der Waals surface area (Å²) in [7, 11) is 0. The number of carbonyl (C=O) groups is 1. The van der Waals surface area contributed by atoms with Crippen molar-refractivity contribution in [3.05, 3.63) is 60.2 Å². The number of benzene rings is 2. The van der Waals surface area contributed by atoms with Gasteiger partial charge in [0.1, 0.15) is 0 Å². The molecule has 0 aromatic heterocycles. The lowest BCUT2D eigenvalue weighted by molar-refractivity contribution is -0.141. The van der Waals surface area contributed by atoms with Gasteiger partial charge in [-0.25, -0.2) is 0 Å². The highest BCUT2D eigenvalue weighted by Crippen LogP contribution is 2.20. The maximum Gasteiger partial charge on any atom is 0.306 e. The van der Waals surface area contributed by atoms with Crippen molar-refractivity contribution in [1.29, 1.82) is 0 Å². The van der Waals surface area contributed by atoms with Crippen LogP contribution in [0.25, 0.3) is 11.1 Å². The zero-order valence-corrected chi connectivity index (χ0v) is 12.2. The standard InChI is InChI=1S/C18H21NO2/c1-13(18(20)21)11-17(19)12-14-7-9-16(10-8-14)15-5-3-2-4-6-15/h2-10,13,17H,11-12,19H2,1H3,(H,20,21)/t13?,17-/m0/s1. The van der Waals surface area contributed by atoms with Gasteiger partial charge in [0, 0.05) is 6.04 Å². The highest BCUT2D eigenvalue weighted by atomic mass is 16.4. The summed E-state index contributed by atoms with van der Waals surface area (Å²) >= 11 is 0. The molecule has 2 rings (SSSR count). The van der Waals surface area contributed by atoms with Gasteiger partial charge in [-0.2, -0.15) is 0 Å². The predicted molar refractivity (Wildman–Crippen MR) is 85.0 cm³/mol. The van der Waals surface area contributed by atoms with Crippen molar-refractivity contribution >= 4 is 5.97 Å². The SMILES string of the molecule is CC(C[C@H](N)Cc1ccc(-c2ccccc2)cc1)C(=O)O. The van der Waals surface area contributed by atoms with Crippen LogP contribution < -0.4 is 5.73 Å². The van der Waals surface area contributed by atoms with Gasteiger partial charge < -0.3 is 10.8 Å². The molecule has 0 heterocycles. The summed E-state index contributed by atoms with van der Waals surface area (Å²) in [6.07, 6.45) is 1.20. The van der Waals surface area contributed by atoms with Gasteiger partial charge in [0.2, 0.25) is 0 Å². The molecular formula is C18H21NO2. The third kappa shape index (κ3) is 4.43. The van der Waals surface area contributed by atoms with E-state index in [1.165, 1.54) is 11.1 Å². The Morgan fingerprint density at radius 3 is 2.19 bits per heavy atom. The van der Waals surface area contributed by atoms with Gasteiger partial charge in [-0.1, -0.05) is 61.5 Å². The molecule has 1 unspecified atom stereocenters. The quantitative estimate of drug-likeness (QED) is 0.854. The van der Waals surface area contributed by atoms with Crippen LogP contribution in [0.15, 0.2) is 54.6 Å². The van der Waals surface area contributed by atoms with Gasteiger partial charge in [-0.15, -0.1) is 0 Å². The predicted octanol–water partition coefficient (Wildman–Crippen LogP) is 3.33. The number of hydrogen-bond acceptors (Lipinski definition) is 2. The van der Waals surface area contributed by atoms with E-state index in [1.54, 1.807) is 6.92 Å². The summed E-state index contributed by atoms with van der Waals surface area (Å²) in [5.74, 6) is -1.19. The van der Waals surface area contributed by atoms with E-state index in [-0.39, 0.29) is 6.04 Å². The van der Waals surface area contributed by atoms with Crippen LogP contribution in [0.3, 0.4) is 0 Å². The fraction of sp³-hybridized carbons (Fsp3) is 0.278. The zero-order valence-electron chi connectivity index (χ0n) is 12.2. The van der Waals surface area contributed by atoms with Crippen molar-refractivity contribution in [2.45, 2.75) is 25.8 Å². The third-order valence-corrected chi connectivity index (χ3v) is 3.64. The van der Waals surface area contributed by atoms with Gasteiger partial charge in [0.25, 0.3) is 0 Å². The molecule has 0 fully saturated rings. The summed E-state index contributed by atoms with van der Waals surface area (Å²) in [6, 6.07) is 18.4. The van der Waals surface area contributed by atoms with Crippen molar-refractivity contribution < 1.29 is 9.90 Å². The molecule has 0 amide bonds. The first kappa shape index (κ1) is 15.3. The number of rotatable bonds is 6. The normalized spacial score (nSPS) is 13.6. The van der Waals surface area contributed by atoms with E-state index in [4.69, 9.17) is 10.8 Å². The molecule has 3 nitrogen and oxygen atoms in total. The van der Waals surface area contributed by atoms with Gasteiger partial charge in [0.15, 0.2) is 0 Å². The Bertz CT molecular complexity index is 578. The lowest BCUT2D eigenvalue weighted by atomic mass is 9.96. The van der Waals surface area contributed by atoms with Crippen molar-refractivity contribution in [3.63, 3.8) is 0 Å². The van der Waals surface area contributed by atoms with Crippen molar-refractivity contribution in [2.75, 3.05) is 0 Å². The second kappa shape index (κ2) is 7.04. The minimum absolute atomic E-state index is 0.126. The molecule has 3 N–H and O–H groups in total. The van der Waals surface area contributed by atoms with E-state index in [0.29, 0.717) is 12.8 Å². The Labute approximate surface area is 125 Å². The lowest BCUT2D eigenvalue weighted by Crippen LogP contribution is -2.28. The molecule has 2 aromatic carbocycles. The average Bonchev–Trinajstić information content (AvgIpc) is 2.48. The largest absolute Gasteiger partial charge is 0.481 e. The van der Waals surface area contributed by atoms with E-state index in [2.05, 4.69) is 36.4 Å². The first-order chi connectivity index (χ1) is 10.1. The van der Waals surface area contributed by atoms with Gasteiger partial charge >= 0.3 is 5.97 Å². The maximum absolute atomic E-state index is 10.8. The molecule has 2 aromatic rings. The minimum atomic E-state index is -0.787. The average molecular weight is 283 g/mol. The van der Waals surface area contributed by atoms with Crippen LogP contribution in [-0.4, -0.2) is 17.1 Å². The summed E-state index contributed by atoms with van der Waals surface area (Å²) in [5.41, 5.74) is 9.53. The molecule has 21 heavy (non-hydrogen) atoms. The number of hydrogen-bond donors (Lipinski definition) is 2. The first-order valence-corrected chi connectivity index (χ1v) is 7.19. The van der Waals surface area contributed by atoms with Crippen LogP contribution in [0.4, 0.5) is 0 Å². The molecule has 0 bridgehead atoms. The highest BCUT2D eigenvalue weighted by molar-refractivity contribution is 5.69. The van der Waals surface area contributed by atoms with Crippen LogP contribution in [-0.2, 0) is 11.2 Å². The van der Waals surface area contributed by atoms with E-state index < -0.39 is 11.9 Å². The molecular weight excluding hydrogens is 262 g/mol. The molecule has 3 heteroatoms. The van der Waals surface area contributed by atoms with Crippen LogP contribution >= 0.6 is 0 Å². The Balaban J connectivity index is 1.98. The van der Waals surface area contributed by atoms with E-state index in [0.717, 1.165) is 5.56 Å². The molecule has 2 atom stereocenters. The van der Waals surface area contributed by atoms with Gasteiger partial charge in [-0.3, -0.25) is 4.79 Å². The molecule has 0 saturated carbocycles. The van der Waals surface area contributed by atoms with Gasteiger partial charge in [-0.05, 0) is 29.5 Å². The molecule has 0 aliphatic heterocycles. The van der Waals surface area contributed by atoms with Crippen LogP contribution in [0.5, 0.6) is 0 Å². The Kier molecular flexibility index (Phi) is 5.12.